The summed E-state index contributed by atoms with van der Waals surface area (Å²) in [6.07, 6.45) is -0.544. The Morgan fingerprint density at radius 2 is 1.87 bits per heavy atom. The van der Waals surface area contributed by atoms with Crippen LogP contribution in [0.2, 0.25) is 0 Å². The zero-order chi connectivity index (χ0) is 29.1. The van der Waals surface area contributed by atoms with Gasteiger partial charge in [0.2, 0.25) is 5.95 Å². The summed E-state index contributed by atoms with van der Waals surface area (Å²) in [6.45, 7) is 11.3. The molecule has 11 nitrogen and oxygen atoms in total. The van der Waals surface area contributed by atoms with E-state index in [0.717, 1.165) is 4.57 Å². The lowest BCUT2D eigenvalue weighted by atomic mass is 10.1. The molecule has 2 heterocycles. The normalized spacial score (nSPS) is 11.5. The third-order valence-electron chi connectivity index (χ3n) is 5.84. The smallest absolute Gasteiger partial charge is 0.408 e. The molecule has 0 radical (unpaired) electrons. The number of anilines is 1. The molecule has 2 aromatic heterocycles. The molecule has 0 spiro atoms. The number of imidazole rings is 1. The molecule has 0 unspecified atom stereocenters. The highest BCUT2D eigenvalue weighted by atomic mass is 16.6. The van der Waals surface area contributed by atoms with E-state index in [9.17, 15) is 19.6 Å². The van der Waals surface area contributed by atoms with E-state index in [1.165, 1.54) is 4.57 Å². The van der Waals surface area contributed by atoms with Gasteiger partial charge in [0.05, 0.1) is 30.3 Å². The SMILES string of the molecule is CC#CCn1c(N(C)CC(C)(C)NC(=O)OC(C)(C)C)nc2c1c(=O)n(Cc1cccc(C#N)c1)c(=O)n2C. The average molecular weight is 534 g/mol. The maximum atomic E-state index is 13.7. The topological polar surface area (TPSA) is 127 Å². The Morgan fingerprint density at radius 3 is 2.49 bits per heavy atom. The Bertz CT molecular complexity index is 1620. The number of benzene rings is 1. The number of fused-ring (bicyclic) bond motifs is 1. The maximum absolute atomic E-state index is 13.7. The molecule has 0 aliphatic carbocycles. The number of hydrogen-bond donors (Lipinski definition) is 1. The van der Waals surface area contributed by atoms with E-state index >= 15 is 0 Å². The minimum absolute atomic E-state index is 0.000382. The van der Waals surface area contributed by atoms with E-state index in [0.29, 0.717) is 23.6 Å². The van der Waals surface area contributed by atoms with Crippen molar-refractivity contribution in [3.8, 4) is 17.9 Å². The zero-order valence-corrected chi connectivity index (χ0v) is 23.7. The van der Waals surface area contributed by atoms with Crippen LogP contribution in [0.25, 0.3) is 11.2 Å². The number of hydrogen-bond acceptors (Lipinski definition) is 7. The van der Waals surface area contributed by atoms with Crippen LogP contribution in [-0.4, -0.2) is 49.5 Å². The van der Waals surface area contributed by atoms with E-state index in [4.69, 9.17) is 4.74 Å². The summed E-state index contributed by atoms with van der Waals surface area (Å²) >= 11 is 0. The fraction of sp³-hybridized carbons (Fsp3) is 0.464. The molecular weight excluding hydrogens is 498 g/mol. The Balaban J connectivity index is 2.09. The summed E-state index contributed by atoms with van der Waals surface area (Å²) < 4.78 is 9.55. The largest absolute Gasteiger partial charge is 0.444 e. The molecule has 0 saturated carbocycles. The number of carbonyl (C=O) groups excluding carboxylic acids is 1. The molecule has 0 aliphatic rings. The van der Waals surface area contributed by atoms with Gasteiger partial charge in [-0.15, -0.1) is 5.92 Å². The highest BCUT2D eigenvalue weighted by Crippen LogP contribution is 2.21. The number of alkyl carbamates (subject to hydrolysis) is 1. The quantitative estimate of drug-likeness (QED) is 0.463. The molecule has 0 saturated heterocycles. The minimum Gasteiger partial charge on any atom is -0.444 e. The van der Waals surface area contributed by atoms with Crippen LogP contribution in [0.1, 0.15) is 52.7 Å². The molecule has 1 aromatic carbocycles. The van der Waals surface area contributed by atoms with Crippen LogP contribution in [0, 0.1) is 23.2 Å². The maximum Gasteiger partial charge on any atom is 0.408 e. The summed E-state index contributed by atoms with van der Waals surface area (Å²) in [4.78, 5) is 45.8. The standard InChI is InChI=1S/C28H35N7O4/c1-9-10-14-34-21-22(30-24(34)32(7)18-28(5,6)31-25(37)39-27(2,3)4)33(8)26(38)35(23(21)36)17-20-13-11-12-19(15-20)16-29/h11-13,15H,14,17-18H2,1-8H3,(H,31,37). The third kappa shape index (κ3) is 6.68. The lowest BCUT2D eigenvalue weighted by Crippen LogP contribution is -2.52. The molecule has 11 heteroatoms. The summed E-state index contributed by atoms with van der Waals surface area (Å²) in [6, 6.07) is 8.85. The number of likely N-dealkylation sites (N-methyl/N-ethyl adjacent to an activating group) is 1. The van der Waals surface area contributed by atoms with Crippen molar-refractivity contribution in [3.05, 3.63) is 56.2 Å². The number of amides is 1. The van der Waals surface area contributed by atoms with Gasteiger partial charge >= 0.3 is 11.8 Å². The Hall–Kier alpha value is -4.51. The van der Waals surface area contributed by atoms with Gasteiger partial charge in [-0.25, -0.2) is 9.59 Å². The van der Waals surface area contributed by atoms with Crippen LogP contribution >= 0.6 is 0 Å². The van der Waals surface area contributed by atoms with Crippen LogP contribution < -0.4 is 21.5 Å². The van der Waals surface area contributed by atoms with Crippen molar-refractivity contribution in [1.82, 2.24) is 24.0 Å². The van der Waals surface area contributed by atoms with E-state index in [1.807, 2.05) is 13.8 Å². The molecule has 1 amide bonds. The van der Waals surface area contributed by atoms with E-state index < -0.39 is 28.5 Å². The first kappa shape index (κ1) is 29.1. The number of carbonyl (C=O) groups is 1. The number of nitrogens with one attached hydrogen (secondary N) is 1. The van der Waals surface area contributed by atoms with Crippen molar-refractivity contribution in [3.63, 3.8) is 0 Å². The van der Waals surface area contributed by atoms with Gasteiger partial charge in [-0.3, -0.25) is 18.5 Å². The molecule has 0 atom stereocenters. The van der Waals surface area contributed by atoms with Gasteiger partial charge in [0.1, 0.15) is 5.60 Å². The van der Waals surface area contributed by atoms with E-state index in [2.05, 4.69) is 28.2 Å². The number of aromatic nitrogens is 4. The third-order valence-corrected chi connectivity index (χ3v) is 5.84. The molecule has 0 bridgehead atoms. The summed E-state index contributed by atoms with van der Waals surface area (Å²) in [5, 5.41) is 12.1. The summed E-state index contributed by atoms with van der Waals surface area (Å²) in [7, 11) is 3.35. The first-order chi connectivity index (χ1) is 18.2. The zero-order valence-electron chi connectivity index (χ0n) is 23.7. The second-order valence-electron chi connectivity index (χ2n) is 11.0. The Labute approximate surface area is 227 Å². The molecule has 3 rings (SSSR count). The highest BCUT2D eigenvalue weighted by Gasteiger charge is 2.29. The lowest BCUT2D eigenvalue weighted by molar-refractivity contribution is 0.0475. The summed E-state index contributed by atoms with van der Waals surface area (Å²) in [5.41, 5.74) is -0.851. The molecule has 39 heavy (non-hydrogen) atoms. The number of nitriles is 1. The number of ether oxygens (including phenoxy) is 1. The highest BCUT2D eigenvalue weighted by molar-refractivity contribution is 5.75. The average Bonchev–Trinajstić information content (AvgIpc) is 3.22. The number of rotatable bonds is 7. The van der Waals surface area contributed by atoms with E-state index in [1.54, 1.807) is 75.5 Å². The lowest BCUT2D eigenvalue weighted by Gasteiger charge is -2.32. The van der Waals surface area contributed by atoms with Gasteiger partial charge < -0.3 is 15.0 Å². The van der Waals surface area contributed by atoms with Crippen LogP contribution in [0.3, 0.4) is 0 Å². The molecule has 3 aromatic rings. The van der Waals surface area contributed by atoms with Gasteiger partial charge in [0.15, 0.2) is 11.2 Å². The fourth-order valence-electron chi connectivity index (χ4n) is 4.30. The van der Waals surface area contributed by atoms with Gasteiger partial charge in [-0.1, -0.05) is 18.1 Å². The van der Waals surface area contributed by atoms with Crippen LogP contribution in [-0.2, 0) is 24.9 Å². The Kier molecular flexibility index (Phi) is 8.25. The first-order valence-electron chi connectivity index (χ1n) is 12.5. The van der Waals surface area contributed by atoms with Gasteiger partial charge in [0, 0.05) is 20.6 Å². The molecule has 206 valence electrons. The van der Waals surface area contributed by atoms with Crippen molar-refractivity contribution in [2.75, 3.05) is 18.5 Å². The monoisotopic (exact) mass is 533 g/mol. The molecule has 0 aliphatic heterocycles. The van der Waals surface area contributed by atoms with Gasteiger partial charge in [-0.05, 0) is 59.2 Å². The van der Waals surface area contributed by atoms with Crippen LogP contribution in [0.5, 0.6) is 0 Å². The van der Waals surface area contributed by atoms with Gasteiger partial charge in [0.25, 0.3) is 5.56 Å². The van der Waals surface area contributed by atoms with Crippen molar-refractivity contribution in [2.24, 2.45) is 7.05 Å². The minimum atomic E-state index is -0.728. The number of aryl methyl sites for hydroxylation is 1. The predicted octanol–water partition coefficient (Wildman–Crippen LogP) is 2.58. The second-order valence-corrected chi connectivity index (χ2v) is 11.0. The molecule has 1 N–H and O–H groups in total. The fourth-order valence-corrected chi connectivity index (χ4v) is 4.30. The van der Waals surface area contributed by atoms with Crippen LogP contribution in [0.4, 0.5) is 10.7 Å². The van der Waals surface area contributed by atoms with Crippen LogP contribution in [0.15, 0.2) is 33.9 Å². The summed E-state index contributed by atoms with van der Waals surface area (Å²) in [5.74, 6) is 6.26. The van der Waals surface area contributed by atoms with Crippen molar-refractivity contribution < 1.29 is 9.53 Å². The Morgan fingerprint density at radius 1 is 1.18 bits per heavy atom. The molecular formula is C28H35N7O4. The second kappa shape index (κ2) is 11.1. The van der Waals surface area contributed by atoms with Gasteiger partial charge in [-0.2, -0.15) is 10.2 Å². The number of nitrogens with zero attached hydrogens (tertiary/aromatic N) is 6. The molecule has 0 fully saturated rings. The van der Waals surface area contributed by atoms with Crippen molar-refractivity contribution in [2.45, 2.75) is 65.8 Å². The van der Waals surface area contributed by atoms with E-state index in [-0.39, 0.29) is 24.3 Å². The van der Waals surface area contributed by atoms with Crippen molar-refractivity contribution in [1.29, 1.82) is 5.26 Å². The van der Waals surface area contributed by atoms with Crippen molar-refractivity contribution >= 4 is 23.2 Å². The predicted molar refractivity (Wildman–Crippen MR) is 150 cm³/mol. The first-order valence-corrected chi connectivity index (χ1v) is 12.5.